The summed E-state index contributed by atoms with van der Waals surface area (Å²) in [6, 6.07) is 14.3. The van der Waals surface area contributed by atoms with Gasteiger partial charge in [0.15, 0.2) is 0 Å². The molecule has 1 aliphatic heterocycles. The molecule has 0 bridgehead atoms. The summed E-state index contributed by atoms with van der Waals surface area (Å²) in [4.78, 5) is 26.5. The van der Waals surface area contributed by atoms with Gasteiger partial charge in [0.25, 0.3) is 0 Å². The summed E-state index contributed by atoms with van der Waals surface area (Å²) in [5, 5.41) is 0. The third-order valence-electron chi connectivity index (χ3n) is 5.17. The van der Waals surface area contributed by atoms with Crippen LogP contribution >= 0.6 is 0 Å². The average molecular weight is 396 g/mol. The van der Waals surface area contributed by atoms with E-state index in [0.29, 0.717) is 22.9 Å². The van der Waals surface area contributed by atoms with Crippen molar-refractivity contribution in [2.75, 3.05) is 25.4 Å². The Kier molecular flexibility index (Phi) is 7.11. The number of carbonyl (C=O) groups is 2. The molecule has 1 aliphatic rings. The van der Waals surface area contributed by atoms with Crippen molar-refractivity contribution in [1.82, 2.24) is 4.90 Å². The van der Waals surface area contributed by atoms with Gasteiger partial charge in [0.05, 0.1) is 24.3 Å². The summed E-state index contributed by atoms with van der Waals surface area (Å²) >= 11 is 0. The fourth-order valence-corrected chi connectivity index (χ4v) is 3.26. The van der Waals surface area contributed by atoms with Crippen LogP contribution < -0.4 is 10.5 Å². The SMILES string of the molecule is CC1CCN(C(=O)CCOc2cc(C(=O)OCc3ccccc3)ccc2N)CC1. The van der Waals surface area contributed by atoms with E-state index >= 15 is 0 Å². The summed E-state index contributed by atoms with van der Waals surface area (Å²) in [5.74, 6) is 0.713. The summed E-state index contributed by atoms with van der Waals surface area (Å²) in [5.41, 5.74) is 7.65. The van der Waals surface area contributed by atoms with Crippen LogP contribution in [0.4, 0.5) is 5.69 Å². The maximum Gasteiger partial charge on any atom is 0.338 e. The number of hydrogen-bond acceptors (Lipinski definition) is 5. The van der Waals surface area contributed by atoms with Crippen molar-refractivity contribution in [1.29, 1.82) is 0 Å². The number of nitrogens with two attached hydrogens (primary N) is 1. The molecule has 1 saturated heterocycles. The molecule has 2 N–H and O–H groups in total. The standard InChI is InChI=1S/C23H28N2O4/c1-17-9-12-25(13-10-17)22(26)11-14-28-21-15-19(7-8-20(21)24)23(27)29-16-18-5-3-2-4-6-18/h2-8,15,17H,9-14,16,24H2,1H3. The first-order valence-electron chi connectivity index (χ1n) is 10.0. The van der Waals surface area contributed by atoms with Crippen molar-refractivity contribution in [3.8, 4) is 5.75 Å². The monoisotopic (exact) mass is 396 g/mol. The van der Waals surface area contributed by atoms with Crippen LogP contribution in [0.2, 0.25) is 0 Å². The number of hydrogen-bond donors (Lipinski definition) is 1. The molecule has 0 aromatic heterocycles. The van der Waals surface area contributed by atoms with E-state index < -0.39 is 5.97 Å². The lowest BCUT2D eigenvalue weighted by Crippen LogP contribution is -2.38. The maximum atomic E-state index is 12.3. The number of rotatable bonds is 7. The van der Waals surface area contributed by atoms with Gasteiger partial charge in [-0.3, -0.25) is 4.79 Å². The zero-order valence-electron chi connectivity index (χ0n) is 16.8. The number of nitrogens with zero attached hydrogens (tertiary/aromatic N) is 1. The molecule has 2 aromatic carbocycles. The molecule has 0 atom stereocenters. The van der Waals surface area contributed by atoms with Crippen LogP contribution in [0.3, 0.4) is 0 Å². The summed E-state index contributed by atoms with van der Waals surface area (Å²) in [6.45, 7) is 4.25. The molecule has 154 valence electrons. The van der Waals surface area contributed by atoms with E-state index in [1.807, 2.05) is 35.2 Å². The molecule has 1 heterocycles. The van der Waals surface area contributed by atoms with E-state index in [0.717, 1.165) is 31.5 Å². The molecule has 29 heavy (non-hydrogen) atoms. The summed E-state index contributed by atoms with van der Waals surface area (Å²) in [7, 11) is 0. The topological polar surface area (TPSA) is 81.9 Å². The zero-order chi connectivity index (χ0) is 20.6. The van der Waals surface area contributed by atoms with E-state index in [2.05, 4.69) is 6.92 Å². The number of likely N-dealkylation sites (tertiary alicyclic amines) is 1. The molecule has 0 spiro atoms. The van der Waals surface area contributed by atoms with Gasteiger partial charge in [-0.15, -0.1) is 0 Å². The molecule has 3 rings (SSSR count). The van der Waals surface area contributed by atoms with Gasteiger partial charge >= 0.3 is 5.97 Å². The molecule has 0 aliphatic carbocycles. The van der Waals surface area contributed by atoms with Crippen LogP contribution in [0.5, 0.6) is 5.75 Å². The lowest BCUT2D eigenvalue weighted by atomic mass is 9.99. The first kappa shape index (κ1) is 20.7. The number of amides is 1. The third kappa shape index (κ3) is 5.98. The lowest BCUT2D eigenvalue weighted by molar-refractivity contribution is -0.133. The second kappa shape index (κ2) is 9.96. The predicted octanol–water partition coefficient (Wildman–Crippen LogP) is 3.65. The Morgan fingerprint density at radius 1 is 1.10 bits per heavy atom. The highest BCUT2D eigenvalue weighted by Crippen LogP contribution is 2.24. The molecule has 2 aromatic rings. The average Bonchev–Trinajstić information content (AvgIpc) is 2.74. The molecule has 0 radical (unpaired) electrons. The normalized spacial score (nSPS) is 14.4. The molecular formula is C23H28N2O4. The number of carbonyl (C=O) groups excluding carboxylic acids is 2. The van der Waals surface area contributed by atoms with Crippen LogP contribution in [0.15, 0.2) is 48.5 Å². The van der Waals surface area contributed by atoms with Gasteiger partial charge < -0.3 is 20.1 Å². The number of anilines is 1. The number of nitrogen functional groups attached to an aromatic ring is 1. The summed E-state index contributed by atoms with van der Waals surface area (Å²) < 4.78 is 11.0. The predicted molar refractivity (Wildman–Crippen MR) is 112 cm³/mol. The first-order chi connectivity index (χ1) is 14.0. The number of benzene rings is 2. The van der Waals surface area contributed by atoms with E-state index in [9.17, 15) is 9.59 Å². The molecule has 0 saturated carbocycles. The highest BCUT2D eigenvalue weighted by Gasteiger charge is 2.20. The van der Waals surface area contributed by atoms with E-state index in [1.54, 1.807) is 18.2 Å². The van der Waals surface area contributed by atoms with Crippen LogP contribution in [0.25, 0.3) is 0 Å². The second-order valence-corrected chi connectivity index (χ2v) is 7.48. The summed E-state index contributed by atoms with van der Waals surface area (Å²) in [6.07, 6.45) is 2.38. The van der Waals surface area contributed by atoms with Gasteiger partial charge in [-0.2, -0.15) is 0 Å². The molecule has 1 fully saturated rings. The van der Waals surface area contributed by atoms with E-state index in [-0.39, 0.29) is 25.5 Å². The Morgan fingerprint density at radius 3 is 2.55 bits per heavy atom. The van der Waals surface area contributed by atoms with E-state index in [4.69, 9.17) is 15.2 Å². The minimum absolute atomic E-state index is 0.0916. The van der Waals surface area contributed by atoms with Gasteiger partial charge in [0.1, 0.15) is 12.4 Å². The maximum absolute atomic E-state index is 12.3. The fourth-order valence-electron chi connectivity index (χ4n) is 3.26. The van der Waals surface area contributed by atoms with Crippen LogP contribution in [0, 0.1) is 5.92 Å². The van der Waals surface area contributed by atoms with E-state index in [1.165, 1.54) is 0 Å². The van der Waals surface area contributed by atoms with Crippen LogP contribution in [0.1, 0.15) is 42.1 Å². The second-order valence-electron chi connectivity index (χ2n) is 7.48. The minimum atomic E-state index is -0.447. The number of piperidine rings is 1. The van der Waals surface area contributed by atoms with Crippen molar-refractivity contribution in [2.24, 2.45) is 5.92 Å². The Morgan fingerprint density at radius 2 is 1.83 bits per heavy atom. The molecule has 1 amide bonds. The third-order valence-corrected chi connectivity index (χ3v) is 5.17. The number of esters is 1. The minimum Gasteiger partial charge on any atom is -0.491 e. The number of ether oxygens (including phenoxy) is 2. The van der Waals surface area contributed by atoms with Gasteiger partial charge in [0, 0.05) is 13.1 Å². The van der Waals surface area contributed by atoms with Crippen LogP contribution in [-0.4, -0.2) is 36.5 Å². The Bertz CT molecular complexity index is 830. The Balaban J connectivity index is 1.50. The smallest absolute Gasteiger partial charge is 0.338 e. The highest BCUT2D eigenvalue weighted by molar-refractivity contribution is 5.90. The first-order valence-corrected chi connectivity index (χ1v) is 10.0. The molecule has 6 heteroatoms. The molecule has 0 unspecified atom stereocenters. The van der Waals surface area contributed by atoms with Gasteiger partial charge in [-0.05, 0) is 42.5 Å². The molecular weight excluding hydrogens is 368 g/mol. The Hall–Kier alpha value is -3.02. The lowest BCUT2D eigenvalue weighted by Gasteiger charge is -2.30. The highest BCUT2D eigenvalue weighted by atomic mass is 16.5. The van der Waals surface area contributed by atoms with Crippen molar-refractivity contribution >= 4 is 17.6 Å². The van der Waals surface area contributed by atoms with Crippen molar-refractivity contribution in [3.63, 3.8) is 0 Å². The zero-order valence-corrected chi connectivity index (χ0v) is 16.8. The van der Waals surface area contributed by atoms with Crippen molar-refractivity contribution < 1.29 is 19.1 Å². The van der Waals surface area contributed by atoms with Crippen molar-refractivity contribution in [2.45, 2.75) is 32.8 Å². The quantitative estimate of drug-likeness (QED) is 0.571. The largest absolute Gasteiger partial charge is 0.491 e. The fraction of sp³-hybridized carbons (Fsp3) is 0.391. The van der Waals surface area contributed by atoms with Gasteiger partial charge in [0.2, 0.25) is 5.91 Å². The Labute approximate surface area is 171 Å². The van der Waals surface area contributed by atoms with Crippen LogP contribution in [-0.2, 0) is 16.1 Å². The van der Waals surface area contributed by atoms with Gasteiger partial charge in [-0.1, -0.05) is 37.3 Å². The van der Waals surface area contributed by atoms with Gasteiger partial charge in [-0.25, -0.2) is 4.79 Å². The van der Waals surface area contributed by atoms with Crippen molar-refractivity contribution in [3.05, 3.63) is 59.7 Å². The molecule has 6 nitrogen and oxygen atoms in total.